The number of amides is 1. The normalized spacial score (nSPS) is 11.5. The smallest absolute Gasteiger partial charge is 0.387 e. The summed E-state index contributed by atoms with van der Waals surface area (Å²) in [6.07, 6.45) is 0.474. The quantitative estimate of drug-likeness (QED) is 0.801. The molecule has 1 aromatic carbocycles. The van der Waals surface area contributed by atoms with Gasteiger partial charge in [-0.25, -0.2) is 0 Å². The Labute approximate surface area is 128 Å². The maximum atomic E-state index is 12.3. The number of methoxy groups -OCH3 is 1. The minimum absolute atomic E-state index is 0. The van der Waals surface area contributed by atoms with Crippen molar-refractivity contribution in [3.63, 3.8) is 0 Å². The predicted octanol–water partition coefficient (Wildman–Crippen LogP) is 1.72. The number of ether oxygens (including phenoxy) is 2. The lowest BCUT2D eigenvalue weighted by Crippen LogP contribution is -2.39. The molecule has 0 spiro atoms. The lowest BCUT2D eigenvalue weighted by atomic mass is 10.1. The zero-order chi connectivity index (χ0) is 15.1. The van der Waals surface area contributed by atoms with E-state index in [1.807, 2.05) is 0 Å². The van der Waals surface area contributed by atoms with Gasteiger partial charge in [-0.15, -0.1) is 12.4 Å². The van der Waals surface area contributed by atoms with Crippen LogP contribution in [0.1, 0.15) is 12.5 Å². The minimum Gasteiger partial charge on any atom is -0.493 e. The van der Waals surface area contributed by atoms with Crippen molar-refractivity contribution in [2.24, 2.45) is 5.73 Å². The van der Waals surface area contributed by atoms with E-state index in [-0.39, 0.29) is 29.8 Å². The number of benzene rings is 1. The Hall–Kier alpha value is -1.60. The highest BCUT2D eigenvalue weighted by atomic mass is 35.5. The molecule has 0 unspecified atom stereocenters. The minimum atomic E-state index is -2.92. The largest absolute Gasteiger partial charge is 0.493 e. The van der Waals surface area contributed by atoms with E-state index in [0.29, 0.717) is 13.0 Å². The van der Waals surface area contributed by atoms with Gasteiger partial charge in [-0.1, -0.05) is 6.07 Å². The molecular formula is C13H19ClF2N2O3. The van der Waals surface area contributed by atoms with Crippen molar-refractivity contribution in [2.45, 2.75) is 26.0 Å². The monoisotopic (exact) mass is 324 g/mol. The third kappa shape index (κ3) is 6.59. The molecule has 0 aliphatic rings. The molecule has 0 saturated carbocycles. The van der Waals surface area contributed by atoms with Gasteiger partial charge in [0.15, 0.2) is 11.5 Å². The van der Waals surface area contributed by atoms with Crippen molar-refractivity contribution < 1.29 is 23.0 Å². The van der Waals surface area contributed by atoms with E-state index in [0.717, 1.165) is 5.56 Å². The van der Waals surface area contributed by atoms with Crippen molar-refractivity contribution >= 4 is 18.3 Å². The summed E-state index contributed by atoms with van der Waals surface area (Å²) in [5.74, 6) is -0.0604. The molecule has 0 bridgehead atoms. The number of halogens is 3. The lowest BCUT2D eigenvalue weighted by molar-refractivity contribution is -0.121. The summed E-state index contributed by atoms with van der Waals surface area (Å²) in [6, 6.07) is 4.14. The fraction of sp³-hybridized carbons (Fsp3) is 0.462. The van der Waals surface area contributed by atoms with Crippen LogP contribution in [0, 0.1) is 0 Å². The first kappa shape index (κ1) is 19.4. The SMILES string of the molecule is COc1ccc(CCNC(=O)[C@@H](C)N)cc1OC(F)F.Cl. The summed E-state index contributed by atoms with van der Waals surface area (Å²) >= 11 is 0. The van der Waals surface area contributed by atoms with Crippen molar-refractivity contribution in [1.29, 1.82) is 0 Å². The highest BCUT2D eigenvalue weighted by Crippen LogP contribution is 2.29. The number of rotatable bonds is 7. The summed E-state index contributed by atoms with van der Waals surface area (Å²) in [6.45, 7) is -0.977. The van der Waals surface area contributed by atoms with Crippen LogP contribution in [0.4, 0.5) is 8.78 Å². The molecule has 0 fully saturated rings. The second-order valence-corrected chi connectivity index (χ2v) is 4.19. The van der Waals surface area contributed by atoms with Crippen molar-refractivity contribution in [1.82, 2.24) is 5.32 Å². The summed E-state index contributed by atoms with van der Waals surface area (Å²) in [4.78, 5) is 11.3. The number of hydrogen-bond acceptors (Lipinski definition) is 4. The van der Waals surface area contributed by atoms with Gasteiger partial charge in [-0.2, -0.15) is 8.78 Å². The number of hydrogen-bond donors (Lipinski definition) is 2. The molecule has 0 aromatic heterocycles. The molecule has 8 heteroatoms. The Kier molecular flexibility index (Phi) is 8.64. The third-order valence-corrected chi connectivity index (χ3v) is 2.57. The predicted molar refractivity (Wildman–Crippen MR) is 77.2 cm³/mol. The van der Waals surface area contributed by atoms with Crippen LogP contribution >= 0.6 is 12.4 Å². The van der Waals surface area contributed by atoms with Crippen LogP contribution in [0.5, 0.6) is 11.5 Å². The highest BCUT2D eigenvalue weighted by Gasteiger charge is 2.11. The average Bonchev–Trinajstić information content (AvgIpc) is 2.38. The summed E-state index contributed by atoms with van der Waals surface area (Å²) in [5.41, 5.74) is 6.14. The van der Waals surface area contributed by atoms with Gasteiger partial charge in [0.2, 0.25) is 5.91 Å². The van der Waals surface area contributed by atoms with Crippen LogP contribution in [-0.2, 0) is 11.2 Å². The molecule has 0 saturated heterocycles. The Morgan fingerprint density at radius 3 is 2.57 bits per heavy atom. The van der Waals surface area contributed by atoms with Gasteiger partial charge in [0.1, 0.15) is 0 Å². The van der Waals surface area contributed by atoms with Crippen molar-refractivity contribution in [2.75, 3.05) is 13.7 Å². The number of nitrogens with two attached hydrogens (primary N) is 1. The van der Waals surface area contributed by atoms with E-state index in [4.69, 9.17) is 10.5 Å². The van der Waals surface area contributed by atoms with Gasteiger partial charge in [-0.3, -0.25) is 4.79 Å². The van der Waals surface area contributed by atoms with E-state index in [9.17, 15) is 13.6 Å². The molecule has 0 heterocycles. The Morgan fingerprint density at radius 1 is 1.38 bits per heavy atom. The molecule has 0 radical (unpaired) electrons. The van der Waals surface area contributed by atoms with Gasteiger partial charge in [-0.05, 0) is 31.0 Å². The molecule has 1 rings (SSSR count). The van der Waals surface area contributed by atoms with Crippen LogP contribution in [0.2, 0.25) is 0 Å². The van der Waals surface area contributed by atoms with Crippen molar-refractivity contribution in [3.05, 3.63) is 23.8 Å². The topological polar surface area (TPSA) is 73.6 Å². The second-order valence-electron chi connectivity index (χ2n) is 4.19. The zero-order valence-electron chi connectivity index (χ0n) is 11.8. The van der Waals surface area contributed by atoms with Crippen LogP contribution in [-0.4, -0.2) is 32.2 Å². The van der Waals surface area contributed by atoms with Crippen LogP contribution < -0.4 is 20.5 Å². The molecule has 1 atom stereocenters. The number of carbonyl (C=O) groups is 1. The molecule has 5 nitrogen and oxygen atoms in total. The summed E-state index contributed by atoms with van der Waals surface area (Å²) < 4.78 is 33.8. The molecule has 1 aromatic rings. The van der Waals surface area contributed by atoms with E-state index >= 15 is 0 Å². The summed E-state index contributed by atoms with van der Waals surface area (Å²) in [7, 11) is 1.37. The first-order valence-corrected chi connectivity index (χ1v) is 6.09. The van der Waals surface area contributed by atoms with E-state index < -0.39 is 12.7 Å². The first-order valence-electron chi connectivity index (χ1n) is 6.09. The van der Waals surface area contributed by atoms with Crippen molar-refractivity contribution in [3.8, 4) is 11.5 Å². The molecule has 0 aliphatic carbocycles. The number of alkyl halides is 2. The average molecular weight is 325 g/mol. The molecule has 1 amide bonds. The maximum Gasteiger partial charge on any atom is 0.387 e. The summed E-state index contributed by atoms with van der Waals surface area (Å²) in [5, 5.41) is 2.64. The number of carbonyl (C=O) groups excluding carboxylic acids is 1. The van der Waals surface area contributed by atoms with E-state index in [1.165, 1.54) is 13.2 Å². The molecule has 120 valence electrons. The van der Waals surface area contributed by atoms with Gasteiger partial charge < -0.3 is 20.5 Å². The van der Waals surface area contributed by atoms with Crippen LogP contribution in [0.3, 0.4) is 0 Å². The van der Waals surface area contributed by atoms with Crippen LogP contribution in [0.15, 0.2) is 18.2 Å². The Bertz CT molecular complexity index is 459. The molecule has 3 N–H and O–H groups in total. The van der Waals surface area contributed by atoms with Gasteiger partial charge in [0.05, 0.1) is 13.2 Å². The zero-order valence-corrected chi connectivity index (χ0v) is 12.6. The van der Waals surface area contributed by atoms with E-state index in [2.05, 4.69) is 10.1 Å². The Balaban J connectivity index is 0.00000400. The van der Waals surface area contributed by atoms with Gasteiger partial charge >= 0.3 is 6.61 Å². The van der Waals surface area contributed by atoms with Gasteiger partial charge in [0, 0.05) is 6.54 Å². The van der Waals surface area contributed by atoms with E-state index in [1.54, 1.807) is 19.1 Å². The molecular weight excluding hydrogens is 306 g/mol. The second kappa shape index (κ2) is 9.36. The number of nitrogens with one attached hydrogen (secondary N) is 1. The molecule has 0 aliphatic heterocycles. The first-order chi connectivity index (χ1) is 9.43. The fourth-order valence-corrected chi connectivity index (χ4v) is 1.56. The molecule has 21 heavy (non-hydrogen) atoms. The van der Waals surface area contributed by atoms with Gasteiger partial charge in [0.25, 0.3) is 0 Å². The van der Waals surface area contributed by atoms with Crippen LogP contribution in [0.25, 0.3) is 0 Å². The Morgan fingerprint density at radius 2 is 2.05 bits per heavy atom. The fourth-order valence-electron chi connectivity index (χ4n) is 1.56. The third-order valence-electron chi connectivity index (χ3n) is 2.57. The highest BCUT2D eigenvalue weighted by molar-refractivity contribution is 5.85. The maximum absolute atomic E-state index is 12.3. The standard InChI is InChI=1S/C13H18F2N2O3.ClH/c1-8(16)12(18)17-6-5-9-3-4-10(19-2)11(7-9)20-13(14)15;/h3-4,7-8,13H,5-6,16H2,1-2H3,(H,17,18);1H/t8-;/m1./s1. The lowest BCUT2D eigenvalue weighted by Gasteiger charge is -2.12.